The summed E-state index contributed by atoms with van der Waals surface area (Å²) in [6, 6.07) is 11.3. The number of aliphatic carboxylic acids is 1. The molecular weight excluding hydrogens is 508 g/mol. The summed E-state index contributed by atoms with van der Waals surface area (Å²) < 4.78 is 8.77. The van der Waals surface area contributed by atoms with Gasteiger partial charge in [0.05, 0.1) is 38.9 Å². The van der Waals surface area contributed by atoms with Crippen molar-refractivity contribution in [3.05, 3.63) is 64.4 Å². The van der Waals surface area contributed by atoms with Gasteiger partial charge in [0.25, 0.3) is 0 Å². The van der Waals surface area contributed by atoms with Gasteiger partial charge in [0.2, 0.25) is 0 Å². The van der Waals surface area contributed by atoms with Crippen LogP contribution in [0.5, 0.6) is 0 Å². The molecule has 0 amide bonds. The Morgan fingerprint density at radius 3 is 2.51 bits per heavy atom. The Balaban J connectivity index is 1.78. The van der Waals surface area contributed by atoms with E-state index in [2.05, 4.69) is 10.1 Å². The third-order valence-corrected chi connectivity index (χ3v) is 7.52. The topological polar surface area (TPSA) is 90.1 Å². The number of aromatic nitrogens is 4. The highest BCUT2D eigenvalue weighted by atomic mass is 35.5. The molecule has 0 fully saturated rings. The average Bonchev–Trinajstić information content (AvgIpc) is 3.37. The van der Waals surface area contributed by atoms with Crippen molar-refractivity contribution in [1.82, 2.24) is 19.7 Å². The molecule has 0 saturated heterocycles. The van der Waals surface area contributed by atoms with Crippen molar-refractivity contribution in [2.75, 3.05) is 0 Å². The number of thiazole rings is 1. The fraction of sp³-hybridized carbons (Fsp3) is 0.286. The molecule has 1 N–H and O–H groups in total. The molecule has 3 aromatic heterocycles. The van der Waals surface area contributed by atoms with E-state index >= 15 is 0 Å². The Kier molecular flexibility index (Phi) is 6.30. The summed E-state index contributed by atoms with van der Waals surface area (Å²) in [6.45, 7) is 9.43. The van der Waals surface area contributed by atoms with Gasteiger partial charge in [0, 0.05) is 28.6 Å². The van der Waals surface area contributed by atoms with E-state index in [0.29, 0.717) is 10.6 Å². The number of aryl methyl sites for hydroxylation is 3. The third-order valence-electron chi connectivity index (χ3n) is 6.16. The van der Waals surface area contributed by atoms with Crippen LogP contribution < -0.4 is 0 Å². The summed E-state index contributed by atoms with van der Waals surface area (Å²) in [5.74, 6) is -1.04. The second-order valence-electron chi connectivity index (χ2n) is 10.1. The molecule has 2 aromatic carbocycles. The monoisotopic (exact) mass is 534 g/mol. The van der Waals surface area contributed by atoms with Crippen LogP contribution in [-0.4, -0.2) is 36.4 Å². The van der Waals surface area contributed by atoms with Gasteiger partial charge in [0.1, 0.15) is 5.01 Å². The Labute approximate surface area is 223 Å². The zero-order valence-electron chi connectivity index (χ0n) is 21.5. The highest BCUT2D eigenvalue weighted by Gasteiger charge is 2.32. The molecule has 5 rings (SSSR count). The first-order chi connectivity index (χ1) is 17.4. The summed E-state index contributed by atoms with van der Waals surface area (Å²) in [6.07, 6.45) is 0.652. The molecule has 9 heteroatoms. The van der Waals surface area contributed by atoms with Crippen LogP contribution in [0.3, 0.4) is 0 Å². The van der Waals surface area contributed by atoms with Crippen LogP contribution in [0.25, 0.3) is 42.9 Å². The van der Waals surface area contributed by atoms with Crippen LogP contribution in [0.2, 0.25) is 5.02 Å². The lowest BCUT2D eigenvalue weighted by Crippen LogP contribution is -2.28. The zero-order chi connectivity index (χ0) is 26.6. The Hall–Kier alpha value is -3.33. The van der Waals surface area contributed by atoms with Crippen LogP contribution in [-0.2, 0) is 16.6 Å². The van der Waals surface area contributed by atoms with Crippen molar-refractivity contribution < 1.29 is 14.6 Å². The van der Waals surface area contributed by atoms with Crippen LogP contribution in [0.4, 0.5) is 0 Å². The van der Waals surface area contributed by atoms with Gasteiger partial charge in [-0.2, -0.15) is 5.10 Å². The number of ether oxygens (including phenoxy) is 1. The molecule has 190 valence electrons. The van der Waals surface area contributed by atoms with E-state index in [1.165, 1.54) is 11.3 Å². The molecule has 1 atom stereocenters. The maximum atomic E-state index is 12.5. The molecule has 0 radical (unpaired) electrons. The number of benzene rings is 2. The van der Waals surface area contributed by atoms with Crippen molar-refractivity contribution in [2.24, 2.45) is 7.05 Å². The Bertz CT molecular complexity index is 1670. The lowest BCUT2D eigenvalue weighted by molar-refractivity contribution is -0.160. The summed E-state index contributed by atoms with van der Waals surface area (Å²) in [4.78, 5) is 22.1. The lowest BCUT2D eigenvalue weighted by atomic mass is 9.91. The van der Waals surface area contributed by atoms with E-state index in [1.54, 1.807) is 12.1 Å². The molecule has 7 nitrogen and oxygen atoms in total. The first-order valence-electron chi connectivity index (χ1n) is 11.8. The molecule has 0 unspecified atom stereocenters. The highest BCUT2D eigenvalue weighted by Crippen LogP contribution is 2.44. The number of carboxylic acid groups (broad SMARTS) is 1. The molecule has 5 aromatic rings. The van der Waals surface area contributed by atoms with Gasteiger partial charge in [-0.3, -0.25) is 9.67 Å². The number of fused-ring (bicyclic) bond motifs is 2. The minimum absolute atomic E-state index is 0.601. The zero-order valence-corrected chi connectivity index (χ0v) is 23.0. The number of nitrogens with zero attached hydrogens (tertiary/aromatic N) is 4. The van der Waals surface area contributed by atoms with E-state index < -0.39 is 17.7 Å². The minimum atomic E-state index is -1.16. The van der Waals surface area contributed by atoms with Gasteiger partial charge >= 0.3 is 5.97 Å². The molecule has 0 aliphatic rings. The van der Waals surface area contributed by atoms with Crippen molar-refractivity contribution in [3.63, 3.8) is 0 Å². The maximum absolute atomic E-state index is 12.5. The van der Waals surface area contributed by atoms with E-state index in [4.69, 9.17) is 21.3 Å². The van der Waals surface area contributed by atoms with Crippen LogP contribution >= 0.6 is 22.9 Å². The standard InChI is InChI=1S/C28H27ClN4O3S/c1-14-11-19-25(37-26(31-19)20-12-18-15(2)32-33(6)21(18)13-30-20)23(16-7-9-17(29)10-8-16)22(14)24(27(34)35)36-28(3,4)5/h7-13,24H,1-6H3,(H,34,35)/t24-/m0/s1. The fourth-order valence-electron chi connectivity index (χ4n) is 4.59. The van der Waals surface area contributed by atoms with Gasteiger partial charge < -0.3 is 9.84 Å². The van der Waals surface area contributed by atoms with Crippen molar-refractivity contribution in [2.45, 2.75) is 46.3 Å². The summed E-state index contributed by atoms with van der Waals surface area (Å²) in [5.41, 5.74) is 5.75. The second-order valence-corrected chi connectivity index (χ2v) is 11.5. The number of carbonyl (C=O) groups is 1. The van der Waals surface area contributed by atoms with Gasteiger partial charge in [-0.1, -0.05) is 23.7 Å². The average molecular weight is 535 g/mol. The molecule has 0 aliphatic carbocycles. The van der Waals surface area contributed by atoms with Crippen molar-refractivity contribution >= 4 is 50.0 Å². The summed E-state index contributed by atoms with van der Waals surface area (Å²) >= 11 is 7.68. The smallest absolute Gasteiger partial charge is 0.337 e. The number of pyridine rings is 1. The minimum Gasteiger partial charge on any atom is -0.479 e. The van der Waals surface area contributed by atoms with Crippen molar-refractivity contribution in [3.8, 4) is 21.8 Å². The van der Waals surface area contributed by atoms with E-state index in [1.807, 2.05) is 76.8 Å². The summed E-state index contributed by atoms with van der Waals surface area (Å²) in [7, 11) is 1.90. The molecule has 3 heterocycles. The number of hydrogen-bond donors (Lipinski definition) is 1. The van der Waals surface area contributed by atoms with Gasteiger partial charge in [0.15, 0.2) is 6.10 Å². The number of halogens is 1. The first kappa shape index (κ1) is 25.3. The maximum Gasteiger partial charge on any atom is 0.337 e. The second kappa shape index (κ2) is 9.20. The number of rotatable bonds is 5. The predicted molar refractivity (Wildman–Crippen MR) is 148 cm³/mol. The Morgan fingerprint density at radius 2 is 1.86 bits per heavy atom. The van der Waals surface area contributed by atoms with Gasteiger partial charge in [-0.05, 0) is 70.0 Å². The largest absolute Gasteiger partial charge is 0.479 e. The van der Waals surface area contributed by atoms with E-state index in [0.717, 1.165) is 54.2 Å². The number of hydrogen-bond acceptors (Lipinski definition) is 6. The first-order valence-corrected chi connectivity index (χ1v) is 13.0. The molecule has 37 heavy (non-hydrogen) atoms. The molecule has 0 saturated carbocycles. The van der Waals surface area contributed by atoms with Crippen molar-refractivity contribution in [1.29, 1.82) is 0 Å². The molecule has 0 aliphatic heterocycles. The fourth-order valence-corrected chi connectivity index (χ4v) is 5.81. The third kappa shape index (κ3) is 4.72. The predicted octanol–water partition coefficient (Wildman–Crippen LogP) is 7.12. The van der Waals surface area contributed by atoms with E-state index in [-0.39, 0.29) is 0 Å². The Morgan fingerprint density at radius 1 is 1.16 bits per heavy atom. The summed E-state index contributed by atoms with van der Waals surface area (Å²) in [5, 5.41) is 17.1. The SMILES string of the molecule is Cc1cc2nc(-c3cc4c(C)nn(C)c4cn3)sc2c(-c2ccc(Cl)cc2)c1[C@H](OC(C)(C)C)C(=O)O. The highest BCUT2D eigenvalue weighted by molar-refractivity contribution is 7.22. The van der Waals surface area contributed by atoms with E-state index in [9.17, 15) is 9.90 Å². The van der Waals surface area contributed by atoms with Gasteiger partial charge in [-0.25, -0.2) is 9.78 Å². The molecular formula is C28H27ClN4O3S. The quantitative estimate of drug-likeness (QED) is 0.258. The number of carboxylic acids is 1. The van der Waals surface area contributed by atoms with Crippen LogP contribution in [0.15, 0.2) is 42.6 Å². The molecule has 0 spiro atoms. The van der Waals surface area contributed by atoms with Crippen LogP contribution in [0, 0.1) is 13.8 Å². The normalized spacial score (nSPS) is 12.9. The lowest BCUT2D eigenvalue weighted by Gasteiger charge is -2.28. The van der Waals surface area contributed by atoms with Gasteiger partial charge in [-0.15, -0.1) is 11.3 Å². The molecule has 0 bridgehead atoms. The van der Waals surface area contributed by atoms with Crippen LogP contribution in [0.1, 0.15) is 43.7 Å².